The van der Waals surface area contributed by atoms with Crippen molar-refractivity contribution in [3.05, 3.63) is 54.1 Å². The highest BCUT2D eigenvalue weighted by atomic mass is 16.5. The van der Waals surface area contributed by atoms with E-state index in [0.717, 1.165) is 20.3 Å². The molecule has 2 rings (SSSR count). The summed E-state index contributed by atoms with van der Waals surface area (Å²) in [6.07, 6.45) is 5.27. The second-order valence-electron chi connectivity index (χ2n) is 27.2. The molecular formula is C69H115N11O13. The minimum Gasteiger partial charge on any atom is -0.390 e. The van der Waals surface area contributed by atoms with Crippen LogP contribution < -0.4 is 21.3 Å². The topological polar surface area (TPSA) is 288 Å². The number of amides is 11. The highest BCUT2D eigenvalue weighted by Crippen LogP contribution is 2.26. The minimum atomic E-state index is -1.64. The maximum atomic E-state index is 15.2. The van der Waals surface area contributed by atoms with Crippen LogP contribution in [0.5, 0.6) is 0 Å². The van der Waals surface area contributed by atoms with Crippen LogP contribution in [0.15, 0.2) is 48.6 Å². The first-order valence-corrected chi connectivity index (χ1v) is 33.0. The van der Waals surface area contributed by atoms with Gasteiger partial charge in [-0.1, -0.05) is 138 Å². The number of allylic oxidation sites excluding steroid dienone is 2. The lowest BCUT2D eigenvalue weighted by molar-refractivity contribution is -0.157. The van der Waals surface area contributed by atoms with Crippen LogP contribution in [0.3, 0.4) is 0 Å². The van der Waals surface area contributed by atoms with Crippen molar-refractivity contribution >= 4 is 71.1 Å². The van der Waals surface area contributed by atoms with Crippen molar-refractivity contribution in [2.24, 2.45) is 35.5 Å². The fourth-order valence-electron chi connectivity index (χ4n) is 11.5. The second kappa shape index (κ2) is 38.2. The third-order valence-electron chi connectivity index (χ3n) is 17.3. The van der Waals surface area contributed by atoms with E-state index in [1.165, 1.54) is 82.8 Å². The first-order valence-electron chi connectivity index (χ1n) is 33.0. The van der Waals surface area contributed by atoms with Gasteiger partial charge in [0.1, 0.15) is 60.4 Å². The molecule has 1 aromatic rings. The van der Waals surface area contributed by atoms with Crippen molar-refractivity contribution in [2.45, 2.75) is 216 Å². The van der Waals surface area contributed by atoms with Crippen LogP contribution in [-0.2, 0) is 57.5 Å². The molecular weight excluding hydrogens is 1190 g/mol. The fraction of sp³-hybridized carbons (Fsp3) is 0.696. The van der Waals surface area contributed by atoms with Gasteiger partial charge in [0, 0.05) is 49.3 Å². The molecule has 0 radical (unpaired) electrons. The fourth-order valence-corrected chi connectivity index (χ4v) is 11.5. The lowest BCUT2D eigenvalue weighted by atomic mass is 9.91. The number of hydrogen-bond donors (Lipinski definition) is 5. The predicted octanol–water partition coefficient (Wildman–Crippen LogP) is 4.34. The van der Waals surface area contributed by atoms with Crippen molar-refractivity contribution in [2.75, 3.05) is 62.5 Å². The third kappa shape index (κ3) is 23.3. The van der Waals surface area contributed by atoms with Gasteiger partial charge in [-0.3, -0.25) is 52.7 Å². The molecule has 24 heteroatoms. The monoisotopic (exact) mass is 1310 g/mol. The average molecular weight is 1310 g/mol. The molecule has 1 heterocycles. The number of likely N-dealkylation sites (N-methyl/N-ethyl adjacent to an activating group) is 7. The molecule has 1 aliphatic rings. The summed E-state index contributed by atoms with van der Waals surface area (Å²) in [5.41, 5.74) is 0.884. The van der Waals surface area contributed by atoms with Crippen LogP contribution in [0, 0.1) is 35.5 Å². The summed E-state index contributed by atoms with van der Waals surface area (Å²) in [7, 11) is 9.80. The Morgan fingerprint density at radius 2 is 1.00 bits per heavy atom. The van der Waals surface area contributed by atoms with Gasteiger partial charge in [-0.15, -0.1) is 0 Å². The molecule has 13 atom stereocenters. The molecule has 5 N–H and O–H groups in total. The second-order valence-corrected chi connectivity index (χ2v) is 27.2. The van der Waals surface area contributed by atoms with Crippen LogP contribution in [-0.4, -0.2) is 239 Å². The predicted molar refractivity (Wildman–Crippen MR) is 360 cm³/mol. The number of aliphatic hydroxyl groups excluding tert-OH is 1. The van der Waals surface area contributed by atoms with Gasteiger partial charge >= 0.3 is 0 Å². The highest BCUT2D eigenvalue weighted by molar-refractivity contribution is 5.99. The number of rotatable bonds is 18. The Balaban J connectivity index is 3.01. The maximum absolute atomic E-state index is 15.2. The molecule has 1 saturated heterocycles. The van der Waals surface area contributed by atoms with Crippen molar-refractivity contribution in [3.8, 4) is 0 Å². The van der Waals surface area contributed by atoms with Gasteiger partial charge < -0.3 is 65.4 Å². The van der Waals surface area contributed by atoms with Crippen LogP contribution in [0.4, 0.5) is 0 Å². The van der Waals surface area contributed by atoms with E-state index in [-0.39, 0.29) is 50.0 Å². The molecule has 24 nitrogen and oxygen atoms in total. The maximum Gasteiger partial charge on any atom is 0.246 e. The minimum absolute atomic E-state index is 0.00420. The lowest BCUT2D eigenvalue weighted by Gasteiger charge is -2.41. The third-order valence-corrected chi connectivity index (χ3v) is 17.3. The molecule has 11 amide bonds. The van der Waals surface area contributed by atoms with Gasteiger partial charge in [0.15, 0.2) is 0 Å². The number of aliphatic hydroxyl groups is 1. The summed E-state index contributed by atoms with van der Waals surface area (Å²) in [6.45, 7) is 27.0. The molecule has 0 bridgehead atoms. The Morgan fingerprint density at radius 1 is 0.516 bits per heavy atom. The number of benzene rings is 1. The number of carbonyl (C=O) groups excluding carboxylic acids is 11. The summed E-state index contributed by atoms with van der Waals surface area (Å²) in [4.78, 5) is 170. The van der Waals surface area contributed by atoms with Crippen LogP contribution in [0.2, 0.25) is 0 Å². The van der Waals surface area contributed by atoms with E-state index in [1.54, 1.807) is 73.6 Å². The molecule has 1 aromatic carbocycles. The van der Waals surface area contributed by atoms with Crippen molar-refractivity contribution in [1.82, 2.24) is 55.6 Å². The van der Waals surface area contributed by atoms with E-state index < -0.39 is 162 Å². The molecule has 0 spiro atoms. The van der Waals surface area contributed by atoms with Gasteiger partial charge in [-0.05, 0) is 101 Å². The summed E-state index contributed by atoms with van der Waals surface area (Å²) < 4.78 is 6.21. The smallest absolute Gasteiger partial charge is 0.246 e. The zero-order valence-corrected chi connectivity index (χ0v) is 60.0. The van der Waals surface area contributed by atoms with E-state index in [0.29, 0.717) is 6.42 Å². The summed E-state index contributed by atoms with van der Waals surface area (Å²) in [5, 5.41) is 23.2. The largest absolute Gasteiger partial charge is 0.390 e. The number of nitrogens with zero attached hydrogens (tertiary/aromatic N) is 7. The van der Waals surface area contributed by atoms with Gasteiger partial charge in [-0.2, -0.15) is 0 Å². The number of nitrogens with one attached hydrogen (secondary N) is 4. The van der Waals surface area contributed by atoms with Gasteiger partial charge in [0.2, 0.25) is 65.0 Å². The summed E-state index contributed by atoms with van der Waals surface area (Å²) in [5.74, 6) is -10.2. The molecule has 0 saturated carbocycles. The van der Waals surface area contributed by atoms with E-state index in [4.69, 9.17) is 4.74 Å². The highest BCUT2D eigenvalue weighted by Gasteiger charge is 2.46. The van der Waals surface area contributed by atoms with Crippen molar-refractivity contribution in [3.63, 3.8) is 0 Å². The quantitative estimate of drug-likeness (QED) is 0.128. The van der Waals surface area contributed by atoms with E-state index in [1.807, 2.05) is 78.0 Å². The Labute approximate surface area is 554 Å². The van der Waals surface area contributed by atoms with E-state index in [2.05, 4.69) is 21.3 Å². The van der Waals surface area contributed by atoms with Crippen molar-refractivity contribution in [1.29, 1.82) is 0 Å². The molecule has 1 aliphatic heterocycles. The van der Waals surface area contributed by atoms with Gasteiger partial charge in [0.05, 0.1) is 25.4 Å². The number of carbonyl (C=O) groups is 11. The standard InChI is InChI=1S/C69H115N11O13/c1-24-26-31-45(13)59(82)58-63(86)72-50(25-2)65(88)74(17)39-54(81)78(21)57(48(16)93-35-30-34-49-32-28-27-29-33-49)62(85)73-55(43(9)10)68(91)75(18)51(36-40(3)4)61(84)70-46(14)60(83)71-47(15)64(87)76(19)52(37-41(5)6)66(89)77(20)53(38-42(7)8)67(90)79(22)56(44(11)12)69(92)80(58)23/h24,26-30,32-34,40-48,50-53,55-59,82H,25,31,35-39H2,1-23H3,(H,70,84)(H,71,83)(H,72,86)(H,73,85)/b26-24+,34-30+/t45-,46+,47-,48-,50+,51+,52+,53+,55+,56+,57+,58-,59-/m1/s1. The summed E-state index contributed by atoms with van der Waals surface area (Å²) >= 11 is 0. The van der Waals surface area contributed by atoms with Crippen LogP contribution >= 0.6 is 0 Å². The van der Waals surface area contributed by atoms with Crippen molar-refractivity contribution < 1.29 is 62.6 Å². The molecule has 524 valence electrons. The zero-order chi connectivity index (χ0) is 71.2. The van der Waals surface area contributed by atoms with Gasteiger partial charge in [-0.25, -0.2) is 0 Å². The molecule has 0 aromatic heterocycles. The van der Waals surface area contributed by atoms with Gasteiger partial charge in [0.25, 0.3) is 0 Å². The Hall–Kier alpha value is -7.21. The number of hydrogen-bond acceptors (Lipinski definition) is 13. The molecule has 0 aliphatic carbocycles. The Morgan fingerprint density at radius 3 is 1.51 bits per heavy atom. The first-order chi connectivity index (χ1) is 43.3. The number of ether oxygens (including phenoxy) is 1. The molecule has 0 unspecified atom stereocenters. The molecule has 1 fully saturated rings. The average Bonchev–Trinajstić information content (AvgIpc) is 0.818. The first kappa shape index (κ1) is 81.9. The van der Waals surface area contributed by atoms with Crippen LogP contribution in [0.1, 0.15) is 148 Å². The van der Waals surface area contributed by atoms with E-state index >= 15 is 14.4 Å². The summed E-state index contributed by atoms with van der Waals surface area (Å²) in [6, 6.07) is -3.53. The Bertz CT molecular complexity index is 2740. The zero-order valence-electron chi connectivity index (χ0n) is 60.0. The molecule has 93 heavy (non-hydrogen) atoms. The SMILES string of the molecule is C/C=C/C[C@@H](C)[C@@H](O)[C@@H]1C(=O)N[C@@H](CC)C(=O)N(C)CC(=O)N(C)[C@@H]([C@@H](C)OC/C=C/c2ccccc2)C(=O)N[C@@H](C(C)C)C(=O)N(C)[C@@H](CC(C)C)C(=O)N[C@@H](C)C(=O)N[C@H](C)C(=O)N(C)[C@@H](CC(C)C)C(=O)N(C)[C@@H](CC(C)C)C(=O)N(C)[C@@H](C(C)C)C(=O)N1C. The Kier molecular flexibility index (Phi) is 33.7. The lowest BCUT2D eigenvalue weighted by Crippen LogP contribution is -2.63. The van der Waals surface area contributed by atoms with E-state index in [9.17, 15) is 43.5 Å². The van der Waals surface area contributed by atoms with Crippen LogP contribution in [0.25, 0.3) is 6.08 Å². The normalized spacial score (nSPS) is 25.9.